The van der Waals surface area contributed by atoms with E-state index in [1.165, 1.54) is 9.78 Å². The lowest BCUT2D eigenvalue weighted by molar-refractivity contribution is -0.125. The molecule has 1 aromatic carbocycles. The van der Waals surface area contributed by atoms with E-state index < -0.39 is 6.10 Å². The van der Waals surface area contributed by atoms with Crippen molar-refractivity contribution in [3.63, 3.8) is 0 Å². The van der Waals surface area contributed by atoms with Crippen molar-refractivity contribution >= 4 is 28.6 Å². The number of hydrogen-bond donors (Lipinski definition) is 1. The number of nitrogens with zero attached hydrogens (tertiary/aromatic N) is 2. The average Bonchev–Trinajstić information content (AvgIpc) is 3.09. The number of carbonyl (C=O) groups is 1. The molecule has 0 aliphatic carbocycles. The summed E-state index contributed by atoms with van der Waals surface area (Å²) in [6, 6.07) is 9.99. The molecule has 1 aliphatic heterocycles. The highest BCUT2D eigenvalue weighted by atomic mass is 32.1. The normalized spacial score (nSPS) is 17.2. The van der Waals surface area contributed by atoms with Crippen molar-refractivity contribution in [3.05, 3.63) is 46.2 Å². The Morgan fingerprint density at radius 2 is 2.19 bits per heavy atom. The number of rotatable bonds is 4. The fourth-order valence-corrected chi connectivity index (χ4v) is 3.29. The van der Waals surface area contributed by atoms with Crippen molar-refractivity contribution < 1.29 is 9.90 Å². The van der Waals surface area contributed by atoms with Gasteiger partial charge in [0.05, 0.1) is 5.69 Å². The number of aliphatic hydroxyl groups is 1. The molecule has 3 rings (SSSR count). The van der Waals surface area contributed by atoms with Crippen LogP contribution in [0.2, 0.25) is 0 Å². The van der Waals surface area contributed by atoms with Gasteiger partial charge in [0.1, 0.15) is 0 Å². The van der Waals surface area contributed by atoms with Gasteiger partial charge < -0.3 is 14.9 Å². The Bertz CT molecular complexity index is 654. The summed E-state index contributed by atoms with van der Waals surface area (Å²) < 4.78 is 0. The number of fused-ring (bicyclic) bond motifs is 1. The fraction of sp³-hybridized carbons (Fsp3) is 0.312. The number of thiophene rings is 1. The molecule has 5 heteroatoms. The molecule has 1 N–H and O–H groups in total. The lowest BCUT2D eigenvalue weighted by atomic mass is 10.1. The molecule has 0 fully saturated rings. The second-order valence-electron chi connectivity index (χ2n) is 5.29. The summed E-state index contributed by atoms with van der Waals surface area (Å²) >= 11 is 1.77. The highest BCUT2D eigenvalue weighted by molar-refractivity contribution is 7.09. The van der Waals surface area contributed by atoms with Crippen LogP contribution in [0.25, 0.3) is 0 Å². The predicted molar refractivity (Wildman–Crippen MR) is 86.1 cm³/mol. The molecular formula is C16H18N2O2S. The minimum absolute atomic E-state index is 0.261. The maximum Gasteiger partial charge on any atom is 0.260 e. The monoisotopic (exact) mass is 302 g/mol. The highest BCUT2D eigenvalue weighted by Crippen LogP contribution is 2.37. The summed E-state index contributed by atoms with van der Waals surface area (Å²) in [5.41, 5.74) is 2.55. The number of benzene rings is 1. The molecule has 0 bridgehead atoms. The van der Waals surface area contributed by atoms with Crippen LogP contribution in [0.4, 0.5) is 11.4 Å². The molecule has 110 valence electrons. The summed E-state index contributed by atoms with van der Waals surface area (Å²) in [6.45, 7) is 0.916. The van der Waals surface area contributed by atoms with Crippen molar-refractivity contribution in [1.82, 2.24) is 0 Å². The number of anilines is 2. The smallest absolute Gasteiger partial charge is 0.260 e. The highest BCUT2D eigenvalue weighted by Gasteiger charge is 2.33. The van der Waals surface area contributed by atoms with Gasteiger partial charge in [0.15, 0.2) is 6.10 Å². The van der Waals surface area contributed by atoms with Crippen LogP contribution in [-0.4, -0.2) is 31.7 Å². The average molecular weight is 302 g/mol. The first-order chi connectivity index (χ1) is 10.1. The van der Waals surface area contributed by atoms with E-state index in [0.29, 0.717) is 5.56 Å². The van der Waals surface area contributed by atoms with E-state index in [4.69, 9.17) is 0 Å². The van der Waals surface area contributed by atoms with Gasteiger partial charge in [-0.25, -0.2) is 0 Å². The third kappa shape index (κ3) is 2.54. The molecule has 1 atom stereocenters. The number of likely N-dealkylation sites (N-methyl/N-ethyl adjacent to an activating group) is 2. The van der Waals surface area contributed by atoms with Gasteiger partial charge in [-0.1, -0.05) is 12.1 Å². The van der Waals surface area contributed by atoms with Crippen LogP contribution < -0.4 is 9.80 Å². The minimum atomic E-state index is -1.02. The third-order valence-corrected chi connectivity index (χ3v) is 4.89. The second kappa shape index (κ2) is 5.50. The van der Waals surface area contributed by atoms with Crippen LogP contribution in [0.5, 0.6) is 0 Å². The van der Waals surface area contributed by atoms with Gasteiger partial charge in [-0.3, -0.25) is 4.79 Å². The maximum atomic E-state index is 11.8. The van der Waals surface area contributed by atoms with E-state index >= 15 is 0 Å². The zero-order valence-corrected chi connectivity index (χ0v) is 12.9. The Morgan fingerprint density at radius 3 is 2.90 bits per heavy atom. The molecule has 1 aliphatic rings. The van der Waals surface area contributed by atoms with Gasteiger partial charge in [0.2, 0.25) is 0 Å². The van der Waals surface area contributed by atoms with Crippen LogP contribution in [0.15, 0.2) is 35.7 Å². The lowest BCUT2D eigenvalue weighted by Gasteiger charge is -2.20. The summed E-state index contributed by atoms with van der Waals surface area (Å²) in [6.07, 6.45) is -0.0155. The Kier molecular flexibility index (Phi) is 3.69. The largest absolute Gasteiger partial charge is 0.378 e. The number of amides is 1. The molecule has 4 nitrogen and oxygen atoms in total. The molecule has 0 radical (unpaired) electrons. The quantitative estimate of drug-likeness (QED) is 0.943. The first kappa shape index (κ1) is 14.1. The second-order valence-corrected chi connectivity index (χ2v) is 6.33. The molecule has 1 amide bonds. The zero-order valence-electron chi connectivity index (χ0n) is 12.1. The summed E-state index contributed by atoms with van der Waals surface area (Å²) in [5, 5.41) is 12.0. The van der Waals surface area contributed by atoms with E-state index in [1.807, 2.05) is 25.2 Å². The fourth-order valence-electron chi connectivity index (χ4n) is 2.59. The molecule has 1 aromatic heterocycles. The number of aliphatic hydroxyl groups excluding tert-OH is 1. The predicted octanol–water partition coefficient (Wildman–Crippen LogP) is 2.44. The Morgan fingerprint density at radius 1 is 1.38 bits per heavy atom. The number of carbonyl (C=O) groups excluding carboxylic acids is 1. The topological polar surface area (TPSA) is 43.8 Å². The lowest BCUT2D eigenvalue weighted by Crippen LogP contribution is -2.24. The minimum Gasteiger partial charge on any atom is -0.378 e. The third-order valence-electron chi connectivity index (χ3n) is 3.95. The van der Waals surface area contributed by atoms with Gasteiger partial charge in [-0.2, -0.15) is 0 Å². The van der Waals surface area contributed by atoms with E-state index in [-0.39, 0.29) is 5.91 Å². The van der Waals surface area contributed by atoms with Crippen molar-refractivity contribution in [2.45, 2.75) is 12.5 Å². The van der Waals surface area contributed by atoms with Crippen LogP contribution in [-0.2, 0) is 11.2 Å². The van der Waals surface area contributed by atoms with Gasteiger partial charge >= 0.3 is 0 Å². The van der Waals surface area contributed by atoms with Crippen molar-refractivity contribution in [2.24, 2.45) is 0 Å². The van der Waals surface area contributed by atoms with Crippen LogP contribution in [0.3, 0.4) is 0 Å². The molecule has 0 saturated heterocycles. The van der Waals surface area contributed by atoms with Gasteiger partial charge in [0.25, 0.3) is 5.91 Å². The molecule has 2 heterocycles. The Labute approximate surface area is 128 Å². The van der Waals surface area contributed by atoms with Crippen LogP contribution in [0, 0.1) is 0 Å². The first-order valence-electron chi connectivity index (χ1n) is 6.91. The van der Waals surface area contributed by atoms with Crippen LogP contribution >= 0.6 is 11.3 Å². The molecule has 0 saturated carbocycles. The van der Waals surface area contributed by atoms with Gasteiger partial charge in [-0.05, 0) is 30.0 Å². The standard InChI is InChI=1S/C16H18N2O2S/c1-17(8-7-12-4-3-9-21-12)11-5-6-13-14(10-11)18(2)16(20)15(13)19/h3-6,9-10,15,19H,7-8H2,1-2H3. The molecule has 2 aromatic rings. The van der Waals surface area contributed by atoms with Crippen molar-refractivity contribution in [2.75, 3.05) is 30.4 Å². The SMILES string of the molecule is CN(CCc1cccs1)c1ccc2c(c1)N(C)C(=O)C2O. The maximum absolute atomic E-state index is 11.8. The number of hydrogen-bond acceptors (Lipinski definition) is 4. The zero-order chi connectivity index (χ0) is 15.0. The molecule has 1 unspecified atom stereocenters. The summed E-state index contributed by atoms with van der Waals surface area (Å²) in [7, 11) is 3.75. The first-order valence-corrected chi connectivity index (χ1v) is 7.79. The Hall–Kier alpha value is -1.85. The molecular weight excluding hydrogens is 284 g/mol. The van der Waals surface area contributed by atoms with E-state index in [2.05, 4.69) is 22.4 Å². The Balaban J connectivity index is 1.76. The van der Waals surface area contributed by atoms with E-state index in [9.17, 15) is 9.90 Å². The molecule has 21 heavy (non-hydrogen) atoms. The van der Waals surface area contributed by atoms with Crippen LogP contribution in [0.1, 0.15) is 16.5 Å². The summed E-state index contributed by atoms with van der Waals surface area (Å²) in [4.78, 5) is 16.8. The van der Waals surface area contributed by atoms with Gasteiger partial charge in [0, 0.05) is 36.8 Å². The van der Waals surface area contributed by atoms with E-state index in [0.717, 1.165) is 24.3 Å². The van der Waals surface area contributed by atoms with Gasteiger partial charge in [-0.15, -0.1) is 11.3 Å². The van der Waals surface area contributed by atoms with Crippen molar-refractivity contribution in [3.8, 4) is 0 Å². The summed E-state index contributed by atoms with van der Waals surface area (Å²) in [5.74, 6) is -0.261. The van der Waals surface area contributed by atoms with E-state index in [1.54, 1.807) is 18.4 Å². The molecule has 0 spiro atoms. The van der Waals surface area contributed by atoms with Crippen molar-refractivity contribution in [1.29, 1.82) is 0 Å².